The lowest BCUT2D eigenvalue weighted by molar-refractivity contribution is -0.114. The molecule has 1 aliphatic rings. The molecule has 2 rings (SSSR count). The van der Waals surface area contributed by atoms with Gasteiger partial charge >= 0.3 is 0 Å². The molecule has 1 aliphatic carbocycles. The summed E-state index contributed by atoms with van der Waals surface area (Å²) in [5.41, 5.74) is 0.676. The minimum absolute atomic E-state index is 0.295. The van der Waals surface area contributed by atoms with E-state index in [-0.39, 0.29) is 5.75 Å². The highest BCUT2D eigenvalue weighted by atomic mass is 32.2. The second kappa shape index (κ2) is 7.93. The molecule has 0 radical (unpaired) electrons. The molecule has 0 atom stereocenters. The summed E-state index contributed by atoms with van der Waals surface area (Å²) in [4.78, 5) is 11.8. The summed E-state index contributed by atoms with van der Waals surface area (Å²) in [5, 5.41) is 8.98. The standard InChI is InChI=1S/C17H20N2O3S/c18-12-15-8-4-5-9-16(15)13-23(21,22)19-17(20)11-10-14-6-2-1-3-7-14/h4-5,8-11,14H,1-3,6-7,13H2,(H,19,20). The Morgan fingerprint density at radius 2 is 1.96 bits per heavy atom. The summed E-state index contributed by atoms with van der Waals surface area (Å²) < 4.78 is 26.1. The number of hydrogen-bond donors (Lipinski definition) is 1. The van der Waals surface area contributed by atoms with Gasteiger partial charge in [0.1, 0.15) is 0 Å². The van der Waals surface area contributed by atoms with Gasteiger partial charge in [-0.05, 0) is 30.4 Å². The van der Waals surface area contributed by atoms with Crippen LogP contribution in [0.25, 0.3) is 0 Å². The van der Waals surface area contributed by atoms with Gasteiger partial charge in [-0.1, -0.05) is 43.5 Å². The molecule has 1 fully saturated rings. The van der Waals surface area contributed by atoms with Gasteiger partial charge in [-0.25, -0.2) is 13.1 Å². The van der Waals surface area contributed by atoms with E-state index in [1.54, 1.807) is 30.3 Å². The molecule has 6 heteroatoms. The van der Waals surface area contributed by atoms with Gasteiger partial charge in [-0.15, -0.1) is 0 Å². The maximum atomic E-state index is 12.1. The van der Waals surface area contributed by atoms with Crippen LogP contribution in [0.15, 0.2) is 36.4 Å². The van der Waals surface area contributed by atoms with Crippen molar-refractivity contribution in [2.24, 2.45) is 5.92 Å². The van der Waals surface area contributed by atoms with Crippen molar-refractivity contribution in [3.05, 3.63) is 47.5 Å². The average Bonchev–Trinajstić information content (AvgIpc) is 2.53. The molecule has 1 aromatic rings. The fourth-order valence-corrected chi connectivity index (χ4v) is 3.84. The van der Waals surface area contributed by atoms with Crippen molar-refractivity contribution in [1.29, 1.82) is 5.26 Å². The van der Waals surface area contributed by atoms with Crippen LogP contribution in [-0.4, -0.2) is 14.3 Å². The zero-order valence-corrected chi connectivity index (χ0v) is 13.7. The van der Waals surface area contributed by atoms with Gasteiger partial charge in [0.05, 0.1) is 17.4 Å². The van der Waals surface area contributed by atoms with E-state index >= 15 is 0 Å². The quantitative estimate of drug-likeness (QED) is 0.840. The van der Waals surface area contributed by atoms with Gasteiger partial charge in [0.2, 0.25) is 10.0 Å². The Morgan fingerprint density at radius 1 is 1.26 bits per heavy atom. The Labute approximate surface area is 137 Å². The van der Waals surface area contributed by atoms with Crippen LogP contribution in [0.4, 0.5) is 0 Å². The number of allylic oxidation sites excluding steroid dienone is 1. The first-order valence-corrected chi connectivity index (χ1v) is 9.36. The fourth-order valence-electron chi connectivity index (χ4n) is 2.73. The van der Waals surface area contributed by atoms with Crippen LogP contribution in [-0.2, 0) is 20.6 Å². The highest BCUT2D eigenvalue weighted by Gasteiger charge is 2.17. The Morgan fingerprint density at radius 3 is 2.65 bits per heavy atom. The molecule has 0 heterocycles. The molecule has 0 bridgehead atoms. The van der Waals surface area contributed by atoms with Crippen LogP contribution >= 0.6 is 0 Å². The molecule has 0 aliphatic heterocycles. The monoisotopic (exact) mass is 332 g/mol. The second-order valence-electron chi connectivity index (χ2n) is 5.75. The first-order valence-electron chi connectivity index (χ1n) is 7.71. The first kappa shape index (κ1) is 17.2. The van der Waals surface area contributed by atoms with Crippen molar-refractivity contribution in [2.45, 2.75) is 37.9 Å². The molecule has 122 valence electrons. The van der Waals surface area contributed by atoms with Gasteiger partial charge in [-0.2, -0.15) is 5.26 Å². The number of rotatable bonds is 5. The van der Waals surface area contributed by atoms with Gasteiger partial charge in [0.25, 0.3) is 5.91 Å². The number of benzene rings is 1. The SMILES string of the molecule is N#Cc1ccccc1CS(=O)(=O)NC(=O)C=CC1CCCCC1. The number of sulfonamides is 1. The lowest BCUT2D eigenvalue weighted by atomic mass is 9.89. The maximum absolute atomic E-state index is 12.1. The van der Waals surface area contributed by atoms with Crippen molar-refractivity contribution in [2.75, 3.05) is 0 Å². The fraction of sp³-hybridized carbons (Fsp3) is 0.412. The Kier molecular flexibility index (Phi) is 5.94. The van der Waals surface area contributed by atoms with Crippen molar-refractivity contribution in [3.8, 4) is 6.07 Å². The third-order valence-corrected chi connectivity index (χ3v) is 5.11. The predicted molar refractivity (Wildman–Crippen MR) is 87.6 cm³/mol. The van der Waals surface area contributed by atoms with E-state index in [2.05, 4.69) is 0 Å². The van der Waals surface area contributed by atoms with E-state index in [4.69, 9.17) is 5.26 Å². The third kappa shape index (κ3) is 5.53. The molecule has 0 spiro atoms. The summed E-state index contributed by atoms with van der Waals surface area (Å²) in [5.74, 6) is -0.666. The first-order chi connectivity index (χ1) is 11.0. The van der Waals surface area contributed by atoms with Crippen molar-refractivity contribution in [1.82, 2.24) is 4.72 Å². The zero-order valence-electron chi connectivity index (χ0n) is 12.9. The lowest BCUT2D eigenvalue weighted by Gasteiger charge is -2.17. The number of carbonyl (C=O) groups is 1. The van der Waals surface area contributed by atoms with E-state index in [9.17, 15) is 13.2 Å². The molecule has 0 unspecified atom stereocenters. The molecule has 23 heavy (non-hydrogen) atoms. The molecule has 0 aromatic heterocycles. The third-order valence-electron chi connectivity index (χ3n) is 3.91. The Hall–Kier alpha value is -2.13. The van der Waals surface area contributed by atoms with E-state index in [0.717, 1.165) is 25.7 Å². The highest BCUT2D eigenvalue weighted by molar-refractivity contribution is 7.89. The molecule has 0 saturated heterocycles. The number of hydrogen-bond acceptors (Lipinski definition) is 4. The minimum Gasteiger partial charge on any atom is -0.269 e. The molecule has 1 saturated carbocycles. The number of nitriles is 1. The maximum Gasteiger partial charge on any atom is 0.257 e. The van der Waals surface area contributed by atoms with Crippen LogP contribution in [0.5, 0.6) is 0 Å². The van der Waals surface area contributed by atoms with Crippen molar-refractivity contribution < 1.29 is 13.2 Å². The Balaban J connectivity index is 1.96. The minimum atomic E-state index is -3.82. The molecule has 1 aromatic carbocycles. The molecule has 5 nitrogen and oxygen atoms in total. The number of amides is 1. The van der Waals surface area contributed by atoms with Crippen LogP contribution in [0, 0.1) is 17.2 Å². The van der Waals surface area contributed by atoms with Crippen LogP contribution in [0.2, 0.25) is 0 Å². The van der Waals surface area contributed by atoms with Gasteiger partial charge < -0.3 is 0 Å². The predicted octanol–water partition coefficient (Wildman–Crippen LogP) is 2.64. The van der Waals surface area contributed by atoms with Gasteiger partial charge in [0.15, 0.2) is 0 Å². The van der Waals surface area contributed by atoms with Crippen molar-refractivity contribution >= 4 is 15.9 Å². The van der Waals surface area contributed by atoms with E-state index in [1.165, 1.54) is 12.5 Å². The van der Waals surface area contributed by atoms with E-state index in [1.807, 2.05) is 10.8 Å². The molecule has 1 N–H and O–H groups in total. The number of carbonyl (C=O) groups excluding carboxylic acids is 1. The zero-order chi connectivity index (χ0) is 16.7. The summed E-state index contributed by atoms with van der Waals surface area (Å²) in [6.07, 6.45) is 8.73. The van der Waals surface area contributed by atoms with Crippen LogP contribution in [0.1, 0.15) is 43.2 Å². The largest absolute Gasteiger partial charge is 0.269 e. The Bertz CT molecular complexity index is 726. The summed E-state index contributed by atoms with van der Waals surface area (Å²) >= 11 is 0. The van der Waals surface area contributed by atoms with Crippen LogP contribution < -0.4 is 4.72 Å². The summed E-state index contributed by atoms with van der Waals surface area (Å²) in [6, 6.07) is 8.40. The van der Waals surface area contributed by atoms with Crippen LogP contribution in [0.3, 0.4) is 0 Å². The van der Waals surface area contributed by atoms with Gasteiger partial charge in [0, 0.05) is 6.08 Å². The smallest absolute Gasteiger partial charge is 0.257 e. The lowest BCUT2D eigenvalue weighted by Crippen LogP contribution is -2.30. The summed E-state index contributed by atoms with van der Waals surface area (Å²) in [7, 11) is -3.82. The normalized spacial score (nSPS) is 16.1. The molecular weight excluding hydrogens is 312 g/mol. The topological polar surface area (TPSA) is 87.0 Å². The summed E-state index contributed by atoms with van der Waals surface area (Å²) in [6.45, 7) is 0. The highest BCUT2D eigenvalue weighted by Crippen LogP contribution is 2.24. The number of nitrogens with one attached hydrogen (secondary N) is 1. The van der Waals surface area contributed by atoms with E-state index < -0.39 is 15.9 Å². The van der Waals surface area contributed by atoms with E-state index in [0.29, 0.717) is 17.0 Å². The second-order valence-corrected chi connectivity index (χ2v) is 7.47. The molecule has 1 amide bonds. The van der Waals surface area contributed by atoms with Crippen molar-refractivity contribution in [3.63, 3.8) is 0 Å². The molecular formula is C17H20N2O3S. The average molecular weight is 332 g/mol. The van der Waals surface area contributed by atoms with Gasteiger partial charge in [-0.3, -0.25) is 4.79 Å². The number of nitrogens with zero attached hydrogens (tertiary/aromatic N) is 1.